The first kappa shape index (κ1) is 25.3. The second-order valence-electron chi connectivity index (χ2n) is 9.66. The Balaban J connectivity index is 2.04. The largest absolute Gasteiger partial charge is 0.507 e. The molecule has 0 fully saturated rings. The second-order valence-corrected chi connectivity index (χ2v) is 15.3. The number of nitrogens with zero attached hydrogens (tertiary/aromatic N) is 2. The van der Waals surface area contributed by atoms with Crippen LogP contribution in [-0.2, 0) is 16.2 Å². The Morgan fingerprint density at radius 1 is 1.25 bits per heavy atom. The molecule has 2 N–H and O–H groups in total. The number of ether oxygens (including phenoxy) is 2. The fourth-order valence-corrected chi connectivity index (χ4v) is 3.36. The number of amides is 1. The molecular formula is C23H33N3O5Si. The number of phenols is 1. The van der Waals surface area contributed by atoms with E-state index in [1.807, 2.05) is 0 Å². The minimum Gasteiger partial charge on any atom is -0.507 e. The minimum absolute atomic E-state index is 0.0549. The van der Waals surface area contributed by atoms with Crippen LogP contribution in [0.3, 0.4) is 0 Å². The van der Waals surface area contributed by atoms with E-state index in [1.54, 1.807) is 43.8 Å². The van der Waals surface area contributed by atoms with E-state index in [2.05, 4.69) is 29.9 Å². The van der Waals surface area contributed by atoms with Crippen LogP contribution in [0.25, 0.3) is 6.08 Å². The molecule has 0 unspecified atom stereocenters. The number of ketones is 1. The van der Waals surface area contributed by atoms with Crippen molar-refractivity contribution in [3.8, 4) is 5.75 Å². The van der Waals surface area contributed by atoms with Crippen molar-refractivity contribution < 1.29 is 24.2 Å². The monoisotopic (exact) mass is 459 g/mol. The molecule has 32 heavy (non-hydrogen) atoms. The first-order chi connectivity index (χ1) is 14.8. The number of carbonyl (C=O) groups excluding carboxylic acids is 2. The van der Waals surface area contributed by atoms with E-state index < -0.39 is 25.6 Å². The van der Waals surface area contributed by atoms with Gasteiger partial charge in [0.25, 0.3) is 0 Å². The van der Waals surface area contributed by atoms with Crippen LogP contribution in [0.1, 0.15) is 37.0 Å². The Bertz CT molecular complexity index is 971. The summed E-state index contributed by atoms with van der Waals surface area (Å²) in [7, 11) is -1.16. The van der Waals surface area contributed by atoms with Crippen LogP contribution in [-0.4, -0.2) is 46.8 Å². The molecule has 2 aromatic rings. The van der Waals surface area contributed by atoms with E-state index in [1.165, 1.54) is 24.3 Å². The zero-order valence-electron chi connectivity index (χ0n) is 19.6. The maximum absolute atomic E-state index is 12.7. The summed E-state index contributed by atoms with van der Waals surface area (Å²) in [6.07, 6.45) is 5.66. The molecule has 0 saturated heterocycles. The number of aromatic hydroxyl groups is 1. The summed E-state index contributed by atoms with van der Waals surface area (Å²) < 4.78 is 12.7. The lowest BCUT2D eigenvalue weighted by molar-refractivity contribution is 0.0635. The van der Waals surface area contributed by atoms with Crippen LogP contribution < -0.4 is 5.32 Å². The number of rotatable bonds is 9. The van der Waals surface area contributed by atoms with E-state index in [9.17, 15) is 14.7 Å². The third-order valence-corrected chi connectivity index (χ3v) is 5.97. The summed E-state index contributed by atoms with van der Waals surface area (Å²) in [6.45, 7) is 13.2. The van der Waals surface area contributed by atoms with Gasteiger partial charge in [-0.2, -0.15) is 0 Å². The van der Waals surface area contributed by atoms with Gasteiger partial charge >= 0.3 is 6.09 Å². The average Bonchev–Trinajstić information content (AvgIpc) is 3.10. The first-order valence-corrected chi connectivity index (χ1v) is 14.2. The van der Waals surface area contributed by atoms with Crippen molar-refractivity contribution in [3.63, 3.8) is 0 Å². The number of benzene rings is 1. The fraction of sp³-hybridized carbons (Fsp3) is 0.435. The molecule has 0 radical (unpaired) electrons. The Labute approximate surface area is 190 Å². The van der Waals surface area contributed by atoms with Gasteiger partial charge in [0.1, 0.15) is 23.9 Å². The molecule has 0 aliphatic heterocycles. The summed E-state index contributed by atoms with van der Waals surface area (Å²) in [6, 6.07) is 5.31. The van der Waals surface area contributed by atoms with Crippen molar-refractivity contribution in [2.24, 2.45) is 0 Å². The van der Waals surface area contributed by atoms with Gasteiger partial charge in [-0.1, -0.05) is 19.6 Å². The lowest BCUT2D eigenvalue weighted by Gasteiger charge is -2.19. The SMILES string of the molecule is CC(C)(C)OC(=O)Nc1ccc(O)c(C(=O)C=Cc2nccn2COCC[Si](C)(C)C)c1. The van der Waals surface area contributed by atoms with Crippen molar-refractivity contribution in [2.45, 2.75) is 58.8 Å². The van der Waals surface area contributed by atoms with Crippen LogP contribution in [0.2, 0.25) is 25.7 Å². The van der Waals surface area contributed by atoms with Gasteiger partial charge in [0.2, 0.25) is 0 Å². The van der Waals surface area contributed by atoms with Crippen LogP contribution in [0.5, 0.6) is 5.75 Å². The number of hydrogen-bond donors (Lipinski definition) is 2. The minimum atomic E-state index is -1.16. The number of aromatic nitrogens is 2. The molecule has 1 aromatic heterocycles. The number of allylic oxidation sites excluding steroid dienone is 1. The van der Waals surface area contributed by atoms with Crippen LogP contribution >= 0.6 is 0 Å². The second kappa shape index (κ2) is 10.6. The van der Waals surface area contributed by atoms with Crippen LogP contribution in [0.15, 0.2) is 36.7 Å². The molecule has 2 rings (SSSR count). The molecule has 0 bridgehead atoms. The number of nitrogens with one attached hydrogen (secondary N) is 1. The standard InChI is InChI=1S/C23H33N3O5Si/c1-23(2,3)31-22(29)25-17-7-8-19(27)18(15-17)20(28)9-10-21-24-11-12-26(21)16-30-13-14-32(4,5)6/h7-12,15,27H,13-14,16H2,1-6H3,(H,25,29). The summed E-state index contributed by atoms with van der Waals surface area (Å²) in [5.74, 6) is -0.0502. The number of hydrogen-bond acceptors (Lipinski definition) is 6. The summed E-state index contributed by atoms with van der Waals surface area (Å²) in [5.41, 5.74) is -0.256. The third kappa shape index (κ3) is 8.68. The molecule has 0 spiro atoms. The van der Waals surface area contributed by atoms with Crippen LogP contribution in [0.4, 0.5) is 10.5 Å². The van der Waals surface area contributed by atoms with Crippen molar-refractivity contribution >= 4 is 31.7 Å². The Hall–Kier alpha value is -2.91. The fourth-order valence-electron chi connectivity index (χ4n) is 2.60. The lowest BCUT2D eigenvalue weighted by atomic mass is 10.1. The molecule has 0 saturated carbocycles. The number of anilines is 1. The van der Waals surface area contributed by atoms with Gasteiger partial charge in [-0.15, -0.1) is 0 Å². The molecule has 0 atom stereocenters. The van der Waals surface area contributed by atoms with Gasteiger partial charge in [-0.25, -0.2) is 9.78 Å². The van der Waals surface area contributed by atoms with Gasteiger partial charge < -0.3 is 19.1 Å². The van der Waals surface area contributed by atoms with E-state index >= 15 is 0 Å². The highest BCUT2D eigenvalue weighted by atomic mass is 28.3. The van der Waals surface area contributed by atoms with Gasteiger partial charge in [0.15, 0.2) is 5.78 Å². The molecule has 8 nitrogen and oxygen atoms in total. The van der Waals surface area contributed by atoms with Crippen molar-refractivity contribution in [3.05, 3.63) is 48.1 Å². The molecule has 1 aromatic carbocycles. The third-order valence-electron chi connectivity index (χ3n) is 4.27. The summed E-state index contributed by atoms with van der Waals surface area (Å²) in [4.78, 5) is 28.9. The number of carbonyl (C=O) groups is 2. The van der Waals surface area contributed by atoms with Crippen molar-refractivity contribution in [2.75, 3.05) is 11.9 Å². The van der Waals surface area contributed by atoms with E-state index in [-0.39, 0.29) is 11.3 Å². The van der Waals surface area contributed by atoms with Gasteiger partial charge in [-0.05, 0) is 57.2 Å². The Morgan fingerprint density at radius 2 is 1.97 bits per heavy atom. The van der Waals surface area contributed by atoms with E-state index in [0.717, 1.165) is 6.04 Å². The van der Waals surface area contributed by atoms with E-state index in [4.69, 9.17) is 9.47 Å². The maximum Gasteiger partial charge on any atom is 0.412 e. The highest BCUT2D eigenvalue weighted by Gasteiger charge is 2.17. The summed E-state index contributed by atoms with van der Waals surface area (Å²) in [5, 5.41) is 12.7. The number of phenolic OH excluding ortho intramolecular Hbond substituents is 1. The van der Waals surface area contributed by atoms with Crippen LogP contribution in [0, 0.1) is 0 Å². The van der Waals surface area contributed by atoms with E-state index in [0.29, 0.717) is 24.8 Å². The Morgan fingerprint density at radius 3 is 2.62 bits per heavy atom. The molecule has 0 aliphatic rings. The summed E-state index contributed by atoms with van der Waals surface area (Å²) >= 11 is 0. The Kier molecular flexibility index (Phi) is 8.40. The average molecular weight is 460 g/mol. The number of imidazole rings is 1. The topological polar surface area (TPSA) is 103 Å². The van der Waals surface area contributed by atoms with Gasteiger partial charge in [0.05, 0.1) is 5.56 Å². The zero-order valence-corrected chi connectivity index (χ0v) is 20.6. The zero-order chi connectivity index (χ0) is 23.9. The molecule has 1 amide bonds. The predicted octanol–water partition coefficient (Wildman–Crippen LogP) is 5.14. The first-order valence-electron chi connectivity index (χ1n) is 10.5. The predicted molar refractivity (Wildman–Crippen MR) is 128 cm³/mol. The highest BCUT2D eigenvalue weighted by Crippen LogP contribution is 2.23. The normalized spacial score (nSPS) is 12.2. The molecule has 174 valence electrons. The quantitative estimate of drug-likeness (QED) is 0.177. The lowest BCUT2D eigenvalue weighted by Crippen LogP contribution is -2.27. The van der Waals surface area contributed by atoms with Crippen molar-refractivity contribution in [1.82, 2.24) is 9.55 Å². The maximum atomic E-state index is 12.7. The van der Waals surface area contributed by atoms with Gasteiger partial charge in [0, 0.05) is 32.8 Å². The molecule has 1 heterocycles. The smallest absolute Gasteiger partial charge is 0.412 e. The molecular weight excluding hydrogens is 426 g/mol. The van der Waals surface area contributed by atoms with Gasteiger partial charge in [-0.3, -0.25) is 10.1 Å². The highest BCUT2D eigenvalue weighted by molar-refractivity contribution is 6.76. The molecule has 0 aliphatic carbocycles. The molecule has 9 heteroatoms. The van der Waals surface area contributed by atoms with Crippen molar-refractivity contribution in [1.29, 1.82) is 0 Å².